The van der Waals surface area contributed by atoms with E-state index in [1.54, 1.807) is 42.1 Å². The average molecular weight is 407 g/mol. The number of halogens is 1. The molecule has 0 N–H and O–H groups in total. The molecule has 7 heteroatoms. The van der Waals surface area contributed by atoms with E-state index < -0.39 is 0 Å². The molecule has 146 valence electrons. The van der Waals surface area contributed by atoms with Gasteiger partial charge < -0.3 is 4.74 Å². The number of hydrogen-bond donors (Lipinski definition) is 0. The summed E-state index contributed by atoms with van der Waals surface area (Å²) < 4.78 is 8.89. The van der Waals surface area contributed by atoms with E-state index in [9.17, 15) is 4.79 Å². The molecule has 0 radical (unpaired) electrons. The van der Waals surface area contributed by atoms with Gasteiger partial charge in [-0.2, -0.15) is 5.10 Å². The Morgan fingerprint density at radius 2 is 2.03 bits per heavy atom. The molecule has 0 fully saturated rings. The largest absolute Gasteiger partial charge is 0.486 e. The van der Waals surface area contributed by atoms with E-state index in [1.807, 2.05) is 31.2 Å². The number of rotatable bonds is 5. The standard InChI is InChI=1S/C22H19ClN4O2/c1-4-11-29-19-9-6-10-26-21(19)24-15(3)20(22(26)28)18-12-14(2)27(25-18)17-8-5-7-16(23)13-17/h4-10,12-13H,1,11H2,2-3H3. The number of ether oxygens (including phenoxy) is 1. The molecule has 0 aliphatic rings. The highest BCUT2D eigenvalue weighted by molar-refractivity contribution is 6.30. The van der Waals surface area contributed by atoms with Gasteiger partial charge in [0.15, 0.2) is 11.4 Å². The summed E-state index contributed by atoms with van der Waals surface area (Å²) in [4.78, 5) is 17.9. The van der Waals surface area contributed by atoms with Crippen molar-refractivity contribution in [3.8, 4) is 22.7 Å². The van der Waals surface area contributed by atoms with Crippen molar-refractivity contribution in [3.05, 3.63) is 88.1 Å². The van der Waals surface area contributed by atoms with Gasteiger partial charge in [-0.05, 0) is 50.2 Å². The molecule has 0 bridgehead atoms. The number of aryl methyl sites for hydroxylation is 2. The molecule has 0 saturated carbocycles. The summed E-state index contributed by atoms with van der Waals surface area (Å²) >= 11 is 6.12. The lowest BCUT2D eigenvalue weighted by Gasteiger charge is -2.10. The van der Waals surface area contributed by atoms with E-state index in [1.165, 1.54) is 4.40 Å². The van der Waals surface area contributed by atoms with Gasteiger partial charge in [0.2, 0.25) is 0 Å². The second-order valence-electron chi connectivity index (χ2n) is 6.61. The summed E-state index contributed by atoms with van der Waals surface area (Å²) in [5.41, 5.74) is 3.57. The van der Waals surface area contributed by atoms with Gasteiger partial charge in [-0.15, -0.1) is 0 Å². The molecule has 0 spiro atoms. The lowest BCUT2D eigenvalue weighted by atomic mass is 10.1. The van der Waals surface area contributed by atoms with Crippen LogP contribution in [0.15, 0.2) is 66.1 Å². The van der Waals surface area contributed by atoms with E-state index in [0.29, 0.717) is 40.0 Å². The fourth-order valence-corrected chi connectivity index (χ4v) is 3.45. The number of pyridine rings is 1. The number of benzene rings is 1. The van der Waals surface area contributed by atoms with Crippen LogP contribution < -0.4 is 10.3 Å². The SMILES string of the molecule is C=CCOc1cccn2c(=O)c(-c3cc(C)n(-c4cccc(Cl)c4)n3)c(C)nc12. The second kappa shape index (κ2) is 7.56. The van der Waals surface area contributed by atoms with Crippen molar-refractivity contribution < 1.29 is 4.74 Å². The Bertz CT molecular complexity index is 1290. The van der Waals surface area contributed by atoms with Crippen LogP contribution >= 0.6 is 11.6 Å². The first kappa shape index (κ1) is 19.0. The third kappa shape index (κ3) is 3.43. The Hall–Kier alpha value is -3.38. The van der Waals surface area contributed by atoms with Crippen LogP contribution in [-0.4, -0.2) is 25.8 Å². The van der Waals surface area contributed by atoms with Crippen LogP contribution in [0.4, 0.5) is 0 Å². The highest BCUT2D eigenvalue weighted by Crippen LogP contribution is 2.24. The fraction of sp³-hybridized carbons (Fsp3) is 0.136. The van der Waals surface area contributed by atoms with Crippen LogP contribution in [0.5, 0.6) is 5.75 Å². The molecule has 29 heavy (non-hydrogen) atoms. The van der Waals surface area contributed by atoms with E-state index in [0.717, 1.165) is 11.4 Å². The van der Waals surface area contributed by atoms with Crippen LogP contribution in [0.2, 0.25) is 5.02 Å². The molecule has 0 unspecified atom stereocenters. The van der Waals surface area contributed by atoms with Gasteiger partial charge in [0.1, 0.15) is 12.3 Å². The third-order valence-corrected chi connectivity index (χ3v) is 4.79. The topological polar surface area (TPSA) is 61.4 Å². The van der Waals surface area contributed by atoms with Gasteiger partial charge in [0.25, 0.3) is 5.56 Å². The van der Waals surface area contributed by atoms with Crippen LogP contribution in [0.1, 0.15) is 11.4 Å². The summed E-state index contributed by atoms with van der Waals surface area (Å²) in [6.45, 7) is 7.72. The zero-order valence-electron chi connectivity index (χ0n) is 16.1. The van der Waals surface area contributed by atoms with E-state index in [2.05, 4.69) is 16.7 Å². The van der Waals surface area contributed by atoms with E-state index >= 15 is 0 Å². The van der Waals surface area contributed by atoms with Crippen molar-refractivity contribution in [2.45, 2.75) is 13.8 Å². The molecule has 3 heterocycles. The van der Waals surface area contributed by atoms with Crippen molar-refractivity contribution in [1.29, 1.82) is 0 Å². The quantitative estimate of drug-likeness (QED) is 0.461. The van der Waals surface area contributed by atoms with Crippen molar-refractivity contribution in [2.75, 3.05) is 6.61 Å². The van der Waals surface area contributed by atoms with Gasteiger partial charge in [0.05, 0.1) is 16.9 Å². The van der Waals surface area contributed by atoms with E-state index in [4.69, 9.17) is 16.3 Å². The predicted octanol–water partition coefficient (Wildman–Crippen LogP) is 4.38. The molecule has 4 aromatic rings. The van der Waals surface area contributed by atoms with Gasteiger partial charge in [-0.25, -0.2) is 9.67 Å². The molecule has 0 atom stereocenters. The Morgan fingerprint density at radius 1 is 1.21 bits per heavy atom. The highest BCUT2D eigenvalue weighted by atomic mass is 35.5. The molecule has 6 nitrogen and oxygen atoms in total. The summed E-state index contributed by atoms with van der Waals surface area (Å²) in [6, 6.07) is 12.8. The van der Waals surface area contributed by atoms with Crippen molar-refractivity contribution in [2.24, 2.45) is 0 Å². The third-order valence-electron chi connectivity index (χ3n) is 4.55. The first-order chi connectivity index (χ1) is 14.0. The minimum absolute atomic E-state index is 0.202. The lowest BCUT2D eigenvalue weighted by Crippen LogP contribution is -2.19. The summed E-state index contributed by atoms with van der Waals surface area (Å²) in [5, 5.41) is 5.27. The van der Waals surface area contributed by atoms with Crippen LogP contribution in [-0.2, 0) is 0 Å². The smallest absolute Gasteiger partial charge is 0.267 e. The Balaban J connectivity index is 1.88. The summed E-state index contributed by atoms with van der Waals surface area (Å²) in [5.74, 6) is 0.528. The Kier molecular flexibility index (Phi) is 4.94. The monoisotopic (exact) mass is 406 g/mol. The Labute approximate surface area is 172 Å². The zero-order valence-corrected chi connectivity index (χ0v) is 16.8. The molecular weight excluding hydrogens is 388 g/mol. The summed E-state index contributed by atoms with van der Waals surface area (Å²) in [6.07, 6.45) is 3.32. The predicted molar refractivity (Wildman–Crippen MR) is 114 cm³/mol. The van der Waals surface area contributed by atoms with Crippen molar-refractivity contribution in [3.63, 3.8) is 0 Å². The van der Waals surface area contributed by atoms with Gasteiger partial charge in [0, 0.05) is 16.9 Å². The van der Waals surface area contributed by atoms with Crippen LogP contribution in [0, 0.1) is 13.8 Å². The van der Waals surface area contributed by atoms with Gasteiger partial charge in [-0.1, -0.05) is 30.3 Å². The molecule has 0 saturated heterocycles. The highest BCUT2D eigenvalue weighted by Gasteiger charge is 2.18. The van der Waals surface area contributed by atoms with E-state index in [-0.39, 0.29) is 5.56 Å². The van der Waals surface area contributed by atoms with Crippen molar-refractivity contribution >= 4 is 17.2 Å². The molecule has 4 rings (SSSR count). The van der Waals surface area contributed by atoms with Crippen LogP contribution in [0.3, 0.4) is 0 Å². The minimum Gasteiger partial charge on any atom is -0.486 e. The molecule has 1 aromatic carbocycles. The van der Waals surface area contributed by atoms with Gasteiger partial charge >= 0.3 is 0 Å². The maximum absolute atomic E-state index is 13.3. The second-order valence-corrected chi connectivity index (χ2v) is 7.04. The number of nitrogens with zero attached hydrogens (tertiary/aromatic N) is 4. The number of aromatic nitrogens is 4. The Morgan fingerprint density at radius 3 is 2.79 bits per heavy atom. The lowest BCUT2D eigenvalue weighted by molar-refractivity contribution is 0.365. The summed E-state index contributed by atoms with van der Waals surface area (Å²) in [7, 11) is 0. The fourth-order valence-electron chi connectivity index (χ4n) is 3.27. The molecule has 0 amide bonds. The molecule has 3 aromatic heterocycles. The maximum Gasteiger partial charge on any atom is 0.267 e. The number of fused-ring (bicyclic) bond motifs is 1. The van der Waals surface area contributed by atoms with Gasteiger partial charge in [-0.3, -0.25) is 9.20 Å². The molecular formula is C22H19ClN4O2. The average Bonchev–Trinajstić information content (AvgIpc) is 3.07. The number of hydrogen-bond acceptors (Lipinski definition) is 4. The minimum atomic E-state index is -0.202. The van der Waals surface area contributed by atoms with Crippen molar-refractivity contribution in [1.82, 2.24) is 19.2 Å². The zero-order chi connectivity index (χ0) is 20.5. The normalized spacial score (nSPS) is 11.0. The maximum atomic E-state index is 13.3. The first-order valence-electron chi connectivity index (χ1n) is 9.08. The first-order valence-corrected chi connectivity index (χ1v) is 9.46. The van der Waals surface area contributed by atoms with Crippen LogP contribution in [0.25, 0.3) is 22.6 Å². The molecule has 0 aliphatic carbocycles. The molecule has 0 aliphatic heterocycles.